The number of hydrogen-bond acceptors (Lipinski definition) is 2. The maximum absolute atomic E-state index is 6.14. The molecule has 0 amide bonds. The summed E-state index contributed by atoms with van der Waals surface area (Å²) in [6.07, 6.45) is 2.63. The largest absolute Gasteiger partial charge is 0.488 e. The van der Waals surface area contributed by atoms with Gasteiger partial charge in [-0.3, -0.25) is 0 Å². The molecule has 0 bridgehead atoms. The fraction of sp³-hybridized carbons (Fsp3) is 0.611. The second kappa shape index (κ2) is 6.51. The van der Waals surface area contributed by atoms with Gasteiger partial charge in [0.05, 0.1) is 0 Å². The fourth-order valence-electron chi connectivity index (χ4n) is 1.66. The van der Waals surface area contributed by atoms with Crippen LogP contribution in [0.25, 0.3) is 0 Å². The molecule has 0 saturated heterocycles. The lowest BCUT2D eigenvalue weighted by Gasteiger charge is -2.28. The van der Waals surface area contributed by atoms with Crippen molar-refractivity contribution in [2.24, 2.45) is 0 Å². The predicted octanol–water partition coefficient (Wildman–Crippen LogP) is 5.20. The second-order valence-corrected chi connectivity index (χ2v) is 6.45. The molecular weight excluding hydrogens is 248 g/mol. The number of ether oxygens (including phenoxy) is 2. The molecule has 0 saturated carbocycles. The van der Waals surface area contributed by atoms with Gasteiger partial charge in [0.2, 0.25) is 0 Å². The third kappa shape index (κ3) is 4.73. The summed E-state index contributed by atoms with van der Waals surface area (Å²) in [5, 5.41) is 0. The molecule has 1 radical (unpaired) electrons. The summed E-state index contributed by atoms with van der Waals surface area (Å²) in [7, 11) is 0. The summed E-state index contributed by atoms with van der Waals surface area (Å²) in [6, 6.07) is 6.05. The molecular formula is C18H29O2. The van der Waals surface area contributed by atoms with Gasteiger partial charge in [-0.05, 0) is 65.5 Å². The normalized spacial score (nSPS) is 12.3. The number of hydrogen-bond donors (Lipinski definition) is 0. The van der Waals surface area contributed by atoms with Gasteiger partial charge in [0.1, 0.15) is 22.7 Å². The van der Waals surface area contributed by atoms with Gasteiger partial charge in [0.15, 0.2) is 0 Å². The minimum absolute atomic E-state index is 0.163. The molecule has 2 heteroatoms. The average molecular weight is 277 g/mol. The van der Waals surface area contributed by atoms with Gasteiger partial charge in [-0.2, -0.15) is 0 Å². The highest BCUT2D eigenvalue weighted by molar-refractivity contribution is 5.41. The van der Waals surface area contributed by atoms with E-state index in [1.165, 1.54) is 0 Å². The maximum Gasteiger partial charge on any atom is 0.126 e. The van der Waals surface area contributed by atoms with Gasteiger partial charge < -0.3 is 9.47 Å². The van der Waals surface area contributed by atoms with Crippen molar-refractivity contribution in [2.45, 2.75) is 72.0 Å². The van der Waals surface area contributed by atoms with Crippen molar-refractivity contribution < 1.29 is 9.47 Å². The first kappa shape index (κ1) is 16.9. The van der Waals surface area contributed by atoms with Crippen LogP contribution in [0.5, 0.6) is 11.5 Å². The van der Waals surface area contributed by atoms with Crippen LogP contribution in [-0.2, 0) is 6.42 Å². The Kier molecular flexibility index (Phi) is 5.50. The molecule has 20 heavy (non-hydrogen) atoms. The highest BCUT2D eigenvalue weighted by atomic mass is 16.5. The number of rotatable bonds is 7. The molecule has 0 atom stereocenters. The molecule has 0 aliphatic rings. The van der Waals surface area contributed by atoms with Crippen LogP contribution in [0.4, 0.5) is 0 Å². The van der Waals surface area contributed by atoms with Crippen LogP contribution >= 0.6 is 0 Å². The summed E-state index contributed by atoms with van der Waals surface area (Å²) in [6.45, 7) is 16.6. The molecule has 0 spiro atoms. The van der Waals surface area contributed by atoms with Crippen LogP contribution in [0.15, 0.2) is 18.2 Å². The topological polar surface area (TPSA) is 18.5 Å². The third-order valence-corrected chi connectivity index (χ3v) is 3.79. The van der Waals surface area contributed by atoms with Crippen LogP contribution in [0.3, 0.4) is 0 Å². The molecule has 0 heterocycles. The lowest BCUT2D eigenvalue weighted by atomic mass is 10.0. The Morgan fingerprint density at radius 3 is 2.00 bits per heavy atom. The molecule has 0 unspecified atom stereocenters. The van der Waals surface area contributed by atoms with Crippen molar-refractivity contribution in [2.75, 3.05) is 0 Å². The van der Waals surface area contributed by atoms with Gasteiger partial charge in [-0.25, -0.2) is 0 Å². The zero-order valence-electron chi connectivity index (χ0n) is 13.9. The van der Waals surface area contributed by atoms with E-state index in [9.17, 15) is 0 Å². The van der Waals surface area contributed by atoms with Crippen molar-refractivity contribution >= 4 is 0 Å². The van der Waals surface area contributed by atoms with Crippen molar-refractivity contribution in [1.82, 2.24) is 0 Å². The molecule has 0 aliphatic heterocycles. The fourth-order valence-corrected chi connectivity index (χ4v) is 1.66. The molecule has 1 aromatic rings. The first-order valence-electron chi connectivity index (χ1n) is 7.53. The van der Waals surface area contributed by atoms with Crippen LogP contribution in [0.2, 0.25) is 0 Å². The average Bonchev–Trinajstić information content (AvgIpc) is 2.38. The van der Waals surface area contributed by atoms with E-state index in [0.29, 0.717) is 6.42 Å². The summed E-state index contributed by atoms with van der Waals surface area (Å²) in [5.41, 5.74) is 0.778. The van der Waals surface area contributed by atoms with E-state index in [4.69, 9.17) is 9.47 Å². The van der Waals surface area contributed by atoms with E-state index < -0.39 is 0 Å². The van der Waals surface area contributed by atoms with Crippen LogP contribution < -0.4 is 9.47 Å². The second-order valence-electron chi connectivity index (χ2n) is 6.45. The highest BCUT2D eigenvalue weighted by Gasteiger charge is 2.21. The van der Waals surface area contributed by atoms with E-state index in [-0.39, 0.29) is 11.2 Å². The zero-order chi connectivity index (χ0) is 15.4. The Balaban J connectivity index is 3.03. The molecule has 2 nitrogen and oxygen atoms in total. The minimum Gasteiger partial charge on any atom is -0.488 e. The molecule has 0 aromatic heterocycles. The molecule has 0 aliphatic carbocycles. The van der Waals surface area contributed by atoms with Crippen molar-refractivity contribution in [1.29, 1.82) is 0 Å². The number of benzene rings is 1. The Morgan fingerprint density at radius 2 is 1.50 bits per heavy atom. The van der Waals surface area contributed by atoms with Crippen LogP contribution in [0.1, 0.15) is 59.9 Å². The van der Waals surface area contributed by atoms with E-state index >= 15 is 0 Å². The van der Waals surface area contributed by atoms with Crippen LogP contribution in [-0.4, -0.2) is 11.2 Å². The Labute approximate surface area is 124 Å². The van der Waals surface area contributed by atoms with Gasteiger partial charge >= 0.3 is 0 Å². The van der Waals surface area contributed by atoms with Gasteiger partial charge in [-0.15, -0.1) is 0 Å². The first-order valence-corrected chi connectivity index (χ1v) is 7.53. The summed E-state index contributed by atoms with van der Waals surface area (Å²) >= 11 is 0. The quantitative estimate of drug-likeness (QED) is 0.682. The molecule has 0 fully saturated rings. The lowest BCUT2D eigenvalue weighted by molar-refractivity contribution is 0.0954. The first-order chi connectivity index (χ1) is 9.23. The molecule has 1 rings (SSSR count). The highest BCUT2D eigenvalue weighted by Crippen LogP contribution is 2.31. The van der Waals surface area contributed by atoms with Crippen molar-refractivity contribution in [3.63, 3.8) is 0 Å². The van der Waals surface area contributed by atoms with Gasteiger partial charge in [0.25, 0.3) is 0 Å². The Morgan fingerprint density at radius 1 is 0.950 bits per heavy atom. The van der Waals surface area contributed by atoms with Crippen molar-refractivity contribution in [3.05, 3.63) is 30.7 Å². The Hall–Kier alpha value is -1.18. The van der Waals surface area contributed by atoms with E-state index in [2.05, 4.69) is 54.5 Å². The van der Waals surface area contributed by atoms with Gasteiger partial charge in [0, 0.05) is 6.07 Å². The molecule has 0 N–H and O–H groups in total. The van der Waals surface area contributed by atoms with E-state index in [1.807, 2.05) is 12.1 Å². The van der Waals surface area contributed by atoms with Gasteiger partial charge in [-0.1, -0.05) is 19.9 Å². The van der Waals surface area contributed by atoms with Crippen molar-refractivity contribution in [3.8, 4) is 11.5 Å². The SMILES string of the molecule is [CH2]Cc1ccc(OC(C)(C)CC)cc1OC(C)(C)CC. The standard InChI is InChI=1S/C18H29O2/c1-8-14-11-12-15(19-17(4,5)9-2)13-16(14)20-18(6,7)10-3/h11-13H,1,8-10H2,2-7H3. The zero-order valence-corrected chi connectivity index (χ0v) is 13.9. The minimum atomic E-state index is -0.178. The summed E-state index contributed by atoms with van der Waals surface area (Å²) in [4.78, 5) is 0. The van der Waals surface area contributed by atoms with Crippen LogP contribution in [0, 0.1) is 6.92 Å². The molecule has 1 aromatic carbocycles. The summed E-state index contributed by atoms with van der Waals surface area (Å²) in [5.74, 6) is 1.74. The smallest absolute Gasteiger partial charge is 0.126 e. The Bertz CT molecular complexity index is 433. The predicted molar refractivity (Wildman–Crippen MR) is 85.5 cm³/mol. The summed E-state index contributed by atoms with van der Waals surface area (Å²) < 4.78 is 12.2. The third-order valence-electron chi connectivity index (χ3n) is 3.79. The monoisotopic (exact) mass is 277 g/mol. The van der Waals surface area contributed by atoms with E-state index in [1.54, 1.807) is 0 Å². The van der Waals surface area contributed by atoms with E-state index in [0.717, 1.165) is 29.9 Å². The lowest BCUT2D eigenvalue weighted by Crippen LogP contribution is -2.28. The maximum atomic E-state index is 6.14. The molecule has 113 valence electrons.